The van der Waals surface area contributed by atoms with Gasteiger partial charge in [-0.1, -0.05) is 13.8 Å². The van der Waals surface area contributed by atoms with Gasteiger partial charge in [-0.05, 0) is 49.8 Å². The number of carbonyl (C=O) groups excluding carboxylic acids is 1. The van der Waals surface area contributed by atoms with Gasteiger partial charge in [0.2, 0.25) is 0 Å². The van der Waals surface area contributed by atoms with Crippen LogP contribution in [0.1, 0.15) is 37.6 Å². The highest BCUT2D eigenvalue weighted by molar-refractivity contribution is 9.13. The first kappa shape index (κ1) is 16.1. The van der Waals surface area contributed by atoms with Gasteiger partial charge < -0.3 is 10.5 Å². The Morgan fingerprint density at radius 3 is 2.61 bits per heavy atom. The Balaban J connectivity index is 2.68. The minimum Gasteiger partial charge on any atom is -0.469 e. The predicted molar refractivity (Wildman–Crippen MR) is 81.7 cm³/mol. The van der Waals surface area contributed by atoms with Crippen LogP contribution in [-0.4, -0.2) is 13.1 Å². The maximum absolute atomic E-state index is 11.3. The molecular weight excluding hydrogens is 382 g/mol. The van der Waals surface area contributed by atoms with E-state index < -0.39 is 0 Å². The van der Waals surface area contributed by atoms with Gasteiger partial charge in [-0.2, -0.15) is 0 Å². The van der Waals surface area contributed by atoms with Crippen LogP contribution in [0.25, 0.3) is 0 Å². The van der Waals surface area contributed by atoms with E-state index in [1.54, 1.807) is 11.3 Å². The number of rotatable bonds is 5. The van der Waals surface area contributed by atoms with E-state index in [0.29, 0.717) is 6.42 Å². The van der Waals surface area contributed by atoms with E-state index in [1.165, 1.54) is 7.11 Å². The zero-order valence-corrected chi connectivity index (χ0v) is 14.6. The second-order valence-corrected chi connectivity index (χ2v) is 8.25. The quantitative estimate of drug-likeness (QED) is 0.754. The van der Waals surface area contributed by atoms with Crippen molar-refractivity contribution in [2.45, 2.75) is 32.7 Å². The molecule has 0 amide bonds. The molecule has 6 heteroatoms. The summed E-state index contributed by atoms with van der Waals surface area (Å²) in [5.74, 6) is -0.194. The third-order valence-electron chi connectivity index (χ3n) is 2.65. The SMILES string of the molecule is COC(=O)CC(C)(C)CC(N)c1cc(Br)c(Br)s1. The first-order valence-corrected chi connectivity index (χ1v) is 7.92. The van der Waals surface area contributed by atoms with E-state index in [9.17, 15) is 4.79 Å². The van der Waals surface area contributed by atoms with Crippen molar-refractivity contribution >= 4 is 49.2 Å². The fourth-order valence-electron chi connectivity index (χ4n) is 1.78. The second kappa shape index (κ2) is 6.50. The number of methoxy groups -OCH3 is 1. The van der Waals surface area contributed by atoms with E-state index in [4.69, 9.17) is 10.5 Å². The van der Waals surface area contributed by atoms with Crippen LogP contribution < -0.4 is 5.73 Å². The van der Waals surface area contributed by atoms with Crippen LogP contribution in [0.2, 0.25) is 0 Å². The largest absolute Gasteiger partial charge is 0.469 e. The minimum atomic E-state index is -0.194. The van der Waals surface area contributed by atoms with Gasteiger partial charge in [-0.25, -0.2) is 0 Å². The number of ether oxygens (including phenoxy) is 1. The standard InChI is InChI=1S/C12H17Br2NO2S/c1-12(2,6-10(16)17-3)5-8(15)9-4-7(13)11(14)18-9/h4,8H,5-6,15H2,1-3H3. The van der Waals surface area contributed by atoms with E-state index in [2.05, 4.69) is 31.9 Å². The van der Waals surface area contributed by atoms with E-state index in [-0.39, 0.29) is 17.4 Å². The smallest absolute Gasteiger partial charge is 0.306 e. The lowest BCUT2D eigenvalue weighted by molar-refractivity contribution is -0.143. The number of hydrogen-bond acceptors (Lipinski definition) is 4. The van der Waals surface area contributed by atoms with Crippen LogP contribution >= 0.6 is 43.2 Å². The average molecular weight is 399 g/mol. The summed E-state index contributed by atoms with van der Waals surface area (Å²) in [6, 6.07) is 1.95. The van der Waals surface area contributed by atoms with E-state index in [0.717, 1.165) is 19.6 Å². The number of carbonyl (C=O) groups is 1. The number of nitrogens with two attached hydrogens (primary N) is 1. The maximum Gasteiger partial charge on any atom is 0.306 e. The summed E-state index contributed by atoms with van der Waals surface area (Å²) in [4.78, 5) is 12.4. The Morgan fingerprint density at radius 1 is 1.56 bits per heavy atom. The minimum absolute atomic E-state index is 0.0720. The fraction of sp³-hybridized carbons (Fsp3) is 0.583. The first-order valence-electron chi connectivity index (χ1n) is 5.52. The summed E-state index contributed by atoms with van der Waals surface area (Å²) in [6.45, 7) is 4.06. The summed E-state index contributed by atoms with van der Waals surface area (Å²) >= 11 is 8.52. The predicted octanol–water partition coefficient (Wildman–Crippen LogP) is 4.25. The van der Waals surface area contributed by atoms with Crippen molar-refractivity contribution in [2.75, 3.05) is 7.11 Å². The van der Waals surface area contributed by atoms with Crippen molar-refractivity contribution in [2.24, 2.45) is 11.1 Å². The fourth-order valence-corrected chi connectivity index (χ4v) is 3.87. The lowest BCUT2D eigenvalue weighted by Crippen LogP contribution is -2.24. The van der Waals surface area contributed by atoms with Crippen molar-refractivity contribution in [3.63, 3.8) is 0 Å². The molecule has 1 unspecified atom stereocenters. The maximum atomic E-state index is 11.3. The molecule has 1 atom stereocenters. The normalized spacial score (nSPS) is 13.4. The van der Waals surface area contributed by atoms with Crippen LogP contribution in [0.3, 0.4) is 0 Å². The Bertz CT molecular complexity index is 412. The molecule has 0 bridgehead atoms. The zero-order valence-electron chi connectivity index (χ0n) is 10.6. The summed E-state index contributed by atoms with van der Waals surface area (Å²) in [6.07, 6.45) is 1.12. The number of esters is 1. The molecule has 1 heterocycles. The molecular formula is C12H17Br2NO2S. The van der Waals surface area contributed by atoms with Gasteiger partial charge in [0.25, 0.3) is 0 Å². The summed E-state index contributed by atoms with van der Waals surface area (Å²) in [5, 5.41) is 0. The molecule has 0 radical (unpaired) electrons. The zero-order chi connectivity index (χ0) is 13.9. The summed E-state index contributed by atoms with van der Waals surface area (Å²) in [5.41, 5.74) is 6.03. The molecule has 0 spiro atoms. The van der Waals surface area contributed by atoms with Crippen molar-refractivity contribution in [1.29, 1.82) is 0 Å². The van der Waals surface area contributed by atoms with Crippen LogP contribution in [-0.2, 0) is 9.53 Å². The van der Waals surface area contributed by atoms with E-state index in [1.807, 2.05) is 19.9 Å². The molecule has 3 nitrogen and oxygen atoms in total. The van der Waals surface area contributed by atoms with Crippen LogP contribution in [0.5, 0.6) is 0 Å². The molecule has 0 fully saturated rings. The first-order chi connectivity index (χ1) is 8.25. The average Bonchev–Trinajstić information content (AvgIpc) is 2.58. The third kappa shape index (κ3) is 4.64. The Morgan fingerprint density at radius 2 is 2.17 bits per heavy atom. The highest BCUT2D eigenvalue weighted by Crippen LogP contribution is 2.39. The van der Waals surface area contributed by atoms with Crippen molar-refractivity contribution < 1.29 is 9.53 Å². The van der Waals surface area contributed by atoms with Gasteiger partial charge in [0.15, 0.2) is 0 Å². The molecule has 0 saturated heterocycles. The number of halogens is 2. The third-order valence-corrected chi connectivity index (χ3v) is 6.04. The Labute approximate surface area is 128 Å². The Hall–Kier alpha value is 0.0900. The molecule has 0 saturated carbocycles. The molecule has 18 heavy (non-hydrogen) atoms. The highest BCUT2D eigenvalue weighted by atomic mass is 79.9. The molecule has 0 aliphatic heterocycles. The summed E-state index contributed by atoms with van der Waals surface area (Å²) in [7, 11) is 1.41. The van der Waals surface area contributed by atoms with Gasteiger partial charge >= 0.3 is 5.97 Å². The monoisotopic (exact) mass is 397 g/mol. The van der Waals surface area contributed by atoms with Crippen molar-refractivity contribution in [1.82, 2.24) is 0 Å². The number of thiophene rings is 1. The van der Waals surface area contributed by atoms with Gasteiger partial charge in [-0.15, -0.1) is 11.3 Å². The van der Waals surface area contributed by atoms with Gasteiger partial charge in [-0.3, -0.25) is 4.79 Å². The molecule has 1 aromatic rings. The van der Waals surface area contributed by atoms with Crippen molar-refractivity contribution in [3.05, 3.63) is 19.2 Å². The van der Waals surface area contributed by atoms with Crippen LogP contribution in [0.15, 0.2) is 14.3 Å². The lowest BCUT2D eigenvalue weighted by atomic mass is 9.82. The molecule has 0 aliphatic carbocycles. The van der Waals surface area contributed by atoms with E-state index >= 15 is 0 Å². The Kier molecular flexibility index (Phi) is 5.83. The number of hydrogen-bond donors (Lipinski definition) is 1. The van der Waals surface area contributed by atoms with Crippen molar-refractivity contribution in [3.8, 4) is 0 Å². The highest BCUT2D eigenvalue weighted by Gasteiger charge is 2.26. The molecule has 2 N–H and O–H groups in total. The second-order valence-electron chi connectivity index (χ2n) is 5.00. The molecule has 0 aliphatic rings. The molecule has 1 rings (SSSR count). The molecule has 1 aromatic heterocycles. The van der Waals surface area contributed by atoms with Crippen LogP contribution in [0.4, 0.5) is 0 Å². The molecule has 102 valence electrons. The van der Waals surface area contributed by atoms with Crippen LogP contribution in [0, 0.1) is 5.41 Å². The lowest BCUT2D eigenvalue weighted by Gasteiger charge is -2.26. The molecule has 0 aromatic carbocycles. The van der Waals surface area contributed by atoms with Gasteiger partial charge in [0.1, 0.15) is 0 Å². The van der Waals surface area contributed by atoms with Gasteiger partial charge in [0.05, 0.1) is 17.3 Å². The summed E-state index contributed by atoms with van der Waals surface area (Å²) < 4.78 is 6.76. The van der Waals surface area contributed by atoms with Gasteiger partial charge in [0, 0.05) is 15.4 Å². The topological polar surface area (TPSA) is 52.3 Å².